The molecule has 4 nitrogen and oxygen atoms in total. The first kappa shape index (κ1) is 17.1. The first-order valence-electron chi connectivity index (χ1n) is 7.04. The maximum absolute atomic E-state index is 11.5. The van der Waals surface area contributed by atoms with E-state index >= 15 is 0 Å². The van der Waals surface area contributed by atoms with Crippen LogP contribution in [0.3, 0.4) is 0 Å². The van der Waals surface area contributed by atoms with Crippen molar-refractivity contribution in [1.29, 1.82) is 0 Å². The van der Waals surface area contributed by atoms with Crippen molar-refractivity contribution in [3.8, 4) is 11.8 Å². The molecular formula is C17H17BN2O2S. The van der Waals surface area contributed by atoms with Crippen LogP contribution < -0.4 is 9.95 Å². The molecule has 1 atom stereocenters. The van der Waals surface area contributed by atoms with Gasteiger partial charge in [0.05, 0.1) is 11.9 Å². The van der Waals surface area contributed by atoms with Crippen LogP contribution >= 0.6 is 0 Å². The standard InChI is InChI=1S/C17H17BN2O2S/c1-13(19-18)15-10-11-17(20-23(2,21)22)16(12-15)9-8-14-6-4-3-5-7-14/h3-7,10-13,19-20H,1-2H3/t13-/m1/s1. The lowest BCUT2D eigenvalue weighted by molar-refractivity contribution is 0.607. The Morgan fingerprint density at radius 3 is 2.39 bits per heavy atom. The van der Waals surface area contributed by atoms with Crippen LogP contribution in [0.2, 0.25) is 0 Å². The number of hydrogen-bond donors (Lipinski definition) is 2. The third-order valence-corrected chi connectivity index (χ3v) is 3.79. The molecule has 2 rings (SSSR count). The van der Waals surface area contributed by atoms with Crippen LogP contribution in [0.15, 0.2) is 48.5 Å². The Bertz CT molecular complexity index is 840. The van der Waals surface area contributed by atoms with Crippen LogP contribution in [0, 0.1) is 11.8 Å². The molecule has 6 heteroatoms. The molecule has 0 amide bonds. The van der Waals surface area contributed by atoms with E-state index in [1.807, 2.05) is 49.4 Å². The predicted octanol–water partition coefficient (Wildman–Crippen LogP) is 2.19. The number of sulfonamides is 1. The summed E-state index contributed by atoms with van der Waals surface area (Å²) < 4.78 is 25.5. The van der Waals surface area contributed by atoms with Gasteiger partial charge in [-0.05, 0) is 36.8 Å². The first-order chi connectivity index (χ1) is 10.9. The molecule has 0 aliphatic heterocycles. The van der Waals surface area contributed by atoms with Gasteiger partial charge in [-0.1, -0.05) is 36.1 Å². The van der Waals surface area contributed by atoms with Gasteiger partial charge in [0.15, 0.2) is 7.98 Å². The number of benzene rings is 2. The Hall–Kier alpha value is -2.23. The van der Waals surface area contributed by atoms with Crippen molar-refractivity contribution in [3.63, 3.8) is 0 Å². The summed E-state index contributed by atoms with van der Waals surface area (Å²) in [6.45, 7) is 1.91. The lowest BCUT2D eigenvalue weighted by Crippen LogP contribution is -2.15. The smallest absolute Gasteiger partial charge is 0.229 e. The molecule has 0 bridgehead atoms. The van der Waals surface area contributed by atoms with Crippen LogP contribution in [-0.2, 0) is 10.0 Å². The summed E-state index contributed by atoms with van der Waals surface area (Å²) in [5, 5.41) is 2.66. The maximum atomic E-state index is 11.5. The fourth-order valence-corrected chi connectivity index (χ4v) is 2.56. The Balaban J connectivity index is 2.46. The molecule has 0 aromatic heterocycles. The summed E-state index contributed by atoms with van der Waals surface area (Å²) in [6.07, 6.45) is 1.11. The highest BCUT2D eigenvalue weighted by atomic mass is 32.2. The molecule has 0 saturated carbocycles. The third-order valence-electron chi connectivity index (χ3n) is 3.20. The van der Waals surface area contributed by atoms with Crippen LogP contribution in [0.5, 0.6) is 0 Å². The lowest BCUT2D eigenvalue weighted by atomic mass is 10.0. The van der Waals surface area contributed by atoms with Crippen LogP contribution in [-0.4, -0.2) is 22.7 Å². The van der Waals surface area contributed by atoms with E-state index < -0.39 is 10.0 Å². The highest BCUT2D eigenvalue weighted by Crippen LogP contribution is 2.21. The molecule has 0 unspecified atom stereocenters. The summed E-state index contributed by atoms with van der Waals surface area (Å²) in [5.41, 5.74) is 2.82. The topological polar surface area (TPSA) is 58.2 Å². The molecular weight excluding hydrogens is 307 g/mol. The number of anilines is 1. The molecule has 2 aromatic carbocycles. The molecule has 0 saturated heterocycles. The maximum Gasteiger partial charge on any atom is 0.229 e. The number of nitrogens with one attached hydrogen (secondary N) is 2. The van der Waals surface area contributed by atoms with Crippen molar-refractivity contribution in [1.82, 2.24) is 5.23 Å². The fourth-order valence-electron chi connectivity index (χ4n) is 1.98. The summed E-state index contributed by atoms with van der Waals surface area (Å²) in [5.74, 6) is 6.06. The monoisotopic (exact) mass is 324 g/mol. The van der Waals surface area contributed by atoms with Crippen molar-refractivity contribution >= 4 is 23.7 Å². The average molecular weight is 324 g/mol. The normalized spacial score (nSPS) is 12.1. The number of rotatable bonds is 4. The second-order valence-corrected chi connectivity index (χ2v) is 6.93. The van der Waals surface area contributed by atoms with E-state index in [1.165, 1.54) is 0 Å². The van der Waals surface area contributed by atoms with Crippen molar-refractivity contribution in [3.05, 3.63) is 65.2 Å². The zero-order valence-corrected chi connectivity index (χ0v) is 13.8. The van der Waals surface area contributed by atoms with Crippen LogP contribution in [0.1, 0.15) is 29.7 Å². The van der Waals surface area contributed by atoms with Gasteiger partial charge in [0.2, 0.25) is 10.0 Å². The van der Waals surface area contributed by atoms with Gasteiger partial charge >= 0.3 is 0 Å². The van der Waals surface area contributed by atoms with Gasteiger partial charge in [-0.25, -0.2) is 8.42 Å². The lowest BCUT2D eigenvalue weighted by Gasteiger charge is -2.14. The van der Waals surface area contributed by atoms with E-state index in [-0.39, 0.29) is 6.04 Å². The summed E-state index contributed by atoms with van der Waals surface area (Å²) in [4.78, 5) is 0. The molecule has 0 heterocycles. The van der Waals surface area contributed by atoms with Gasteiger partial charge in [-0.3, -0.25) is 4.72 Å². The van der Waals surface area contributed by atoms with E-state index in [9.17, 15) is 8.42 Å². The molecule has 0 fully saturated rings. The molecule has 2 radical (unpaired) electrons. The molecule has 2 N–H and O–H groups in total. The van der Waals surface area contributed by atoms with Gasteiger partial charge in [0, 0.05) is 17.2 Å². The van der Waals surface area contributed by atoms with Crippen molar-refractivity contribution in [2.45, 2.75) is 13.0 Å². The van der Waals surface area contributed by atoms with Gasteiger partial charge < -0.3 is 5.23 Å². The van der Waals surface area contributed by atoms with E-state index in [1.54, 1.807) is 6.07 Å². The first-order valence-corrected chi connectivity index (χ1v) is 8.93. The second-order valence-electron chi connectivity index (χ2n) is 5.18. The Morgan fingerprint density at radius 1 is 1.09 bits per heavy atom. The molecule has 0 aliphatic carbocycles. The zero-order chi connectivity index (χ0) is 16.9. The van der Waals surface area contributed by atoms with Gasteiger partial charge in [0.25, 0.3) is 0 Å². The van der Waals surface area contributed by atoms with E-state index in [2.05, 4.69) is 21.8 Å². The van der Waals surface area contributed by atoms with Crippen molar-refractivity contribution in [2.24, 2.45) is 0 Å². The second kappa shape index (κ2) is 7.36. The minimum atomic E-state index is -3.38. The van der Waals surface area contributed by atoms with E-state index in [0.29, 0.717) is 11.3 Å². The third kappa shape index (κ3) is 5.17. The Labute approximate surface area is 138 Å². The summed E-state index contributed by atoms with van der Waals surface area (Å²) in [7, 11) is 2.08. The van der Waals surface area contributed by atoms with Crippen molar-refractivity contribution < 1.29 is 8.42 Å². The van der Waals surface area contributed by atoms with Crippen LogP contribution in [0.4, 0.5) is 5.69 Å². The van der Waals surface area contributed by atoms with Gasteiger partial charge in [-0.15, -0.1) is 0 Å². The molecule has 23 heavy (non-hydrogen) atoms. The summed E-state index contributed by atoms with van der Waals surface area (Å²) in [6, 6.07) is 14.8. The molecule has 116 valence electrons. The molecule has 0 spiro atoms. The minimum absolute atomic E-state index is 0.0699. The highest BCUT2D eigenvalue weighted by Gasteiger charge is 2.09. The van der Waals surface area contributed by atoms with Crippen molar-refractivity contribution in [2.75, 3.05) is 11.0 Å². The van der Waals surface area contributed by atoms with E-state index in [0.717, 1.165) is 17.4 Å². The molecule has 0 aliphatic rings. The zero-order valence-electron chi connectivity index (χ0n) is 13.0. The average Bonchev–Trinajstić information content (AvgIpc) is 2.52. The largest absolute Gasteiger partial charge is 0.360 e. The SMILES string of the molecule is [B]N[C@H](C)c1ccc(NS(C)(=O)=O)c(C#Cc2ccccc2)c1. The van der Waals surface area contributed by atoms with Gasteiger partial charge in [0.1, 0.15) is 0 Å². The molecule has 2 aromatic rings. The Morgan fingerprint density at radius 2 is 1.78 bits per heavy atom. The predicted molar refractivity (Wildman–Crippen MR) is 94.6 cm³/mol. The minimum Gasteiger partial charge on any atom is -0.360 e. The fraction of sp³-hybridized carbons (Fsp3) is 0.176. The van der Waals surface area contributed by atoms with Crippen LogP contribution in [0.25, 0.3) is 0 Å². The number of hydrogen-bond acceptors (Lipinski definition) is 3. The quantitative estimate of drug-likeness (QED) is 0.670. The Kier molecular flexibility index (Phi) is 5.48. The summed E-state index contributed by atoms with van der Waals surface area (Å²) >= 11 is 0. The van der Waals surface area contributed by atoms with E-state index in [4.69, 9.17) is 7.98 Å². The highest BCUT2D eigenvalue weighted by molar-refractivity contribution is 7.92. The van der Waals surface area contributed by atoms with Gasteiger partial charge in [-0.2, -0.15) is 0 Å².